The minimum absolute atomic E-state index is 0. The second-order valence-corrected chi connectivity index (χ2v) is 2.20. The first-order valence-electron chi connectivity index (χ1n) is 4.19. The maximum absolute atomic E-state index is 2.17. The van der Waals surface area contributed by atoms with Crippen LogP contribution in [-0.2, 0) is 0 Å². The van der Waals surface area contributed by atoms with E-state index in [4.69, 9.17) is 0 Å². The molecule has 0 saturated carbocycles. The molecule has 0 spiro atoms. The molecule has 0 heterocycles. The predicted octanol–water partition coefficient (Wildman–Crippen LogP) is 0.598. The third-order valence-corrected chi connectivity index (χ3v) is 1.38. The Morgan fingerprint density at radius 3 is 2.08 bits per heavy atom. The van der Waals surface area contributed by atoms with E-state index in [1.165, 1.54) is 11.1 Å². The number of benzene rings is 1. The van der Waals surface area contributed by atoms with Crippen LogP contribution in [0.1, 0.15) is 31.9 Å². The van der Waals surface area contributed by atoms with Gasteiger partial charge in [0.25, 0.3) is 0 Å². The SMILES string of the molecule is CC.C[CH-]c1cccc(C)c1.[Na+]. The van der Waals surface area contributed by atoms with Gasteiger partial charge in [0.15, 0.2) is 0 Å². The van der Waals surface area contributed by atoms with E-state index in [-0.39, 0.29) is 29.6 Å². The predicted molar refractivity (Wildman–Crippen MR) is 51.6 cm³/mol. The van der Waals surface area contributed by atoms with Gasteiger partial charge in [-0.3, -0.25) is 0 Å². The first-order chi connectivity index (χ1) is 5.33. The van der Waals surface area contributed by atoms with Gasteiger partial charge in [-0.2, -0.15) is 24.1 Å². The van der Waals surface area contributed by atoms with Gasteiger partial charge in [-0.1, -0.05) is 33.8 Å². The molecule has 0 aromatic heterocycles. The molecule has 1 heteroatoms. The summed E-state index contributed by atoms with van der Waals surface area (Å²) in [6.07, 6.45) is 2.10. The smallest absolute Gasteiger partial charge is 0.192 e. The number of rotatable bonds is 1. The van der Waals surface area contributed by atoms with E-state index < -0.39 is 0 Å². The Kier molecular flexibility index (Phi) is 11.2. The molecule has 0 saturated heterocycles. The van der Waals surface area contributed by atoms with Gasteiger partial charge in [-0.25, -0.2) is 0 Å². The molecule has 0 aliphatic carbocycles. The summed E-state index contributed by atoms with van der Waals surface area (Å²) in [5.74, 6) is 0. The number of hydrogen-bond donors (Lipinski definition) is 0. The Bertz CT molecular complexity index is 194. The third kappa shape index (κ3) is 5.70. The van der Waals surface area contributed by atoms with E-state index in [1.54, 1.807) is 0 Å². The maximum atomic E-state index is 2.17. The van der Waals surface area contributed by atoms with Crippen LogP contribution in [0.5, 0.6) is 0 Å². The van der Waals surface area contributed by atoms with E-state index in [0.29, 0.717) is 0 Å². The van der Waals surface area contributed by atoms with Crippen LogP contribution < -0.4 is 29.6 Å². The zero-order valence-electron chi connectivity index (χ0n) is 8.89. The van der Waals surface area contributed by atoms with Crippen LogP contribution in [0.2, 0.25) is 0 Å². The number of hydrogen-bond acceptors (Lipinski definition) is 0. The van der Waals surface area contributed by atoms with E-state index in [2.05, 4.69) is 44.5 Å². The molecule has 12 heavy (non-hydrogen) atoms. The van der Waals surface area contributed by atoms with Crippen molar-refractivity contribution in [2.75, 3.05) is 0 Å². The molecule has 0 N–H and O–H groups in total. The molecule has 1 rings (SSSR count). The molecule has 0 nitrogen and oxygen atoms in total. The molecule has 1 aromatic rings. The first-order valence-corrected chi connectivity index (χ1v) is 4.19. The molecule has 0 amide bonds. The van der Waals surface area contributed by atoms with Crippen molar-refractivity contribution in [3.63, 3.8) is 0 Å². The summed E-state index contributed by atoms with van der Waals surface area (Å²) in [6.45, 7) is 8.15. The quantitative estimate of drug-likeness (QED) is 0.430. The molecule has 0 aliphatic rings. The van der Waals surface area contributed by atoms with E-state index in [1.807, 2.05) is 13.8 Å². The summed E-state index contributed by atoms with van der Waals surface area (Å²) in [6, 6.07) is 8.45. The van der Waals surface area contributed by atoms with Crippen molar-refractivity contribution in [3.05, 3.63) is 41.8 Å². The van der Waals surface area contributed by atoms with Gasteiger partial charge in [0.2, 0.25) is 0 Å². The normalized spacial score (nSPS) is 7.33. The zero-order valence-corrected chi connectivity index (χ0v) is 10.9. The Labute approximate surface area is 98.7 Å². The van der Waals surface area contributed by atoms with Crippen LogP contribution in [0.4, 0.5) is 0 Å². The monoisotopic (exact) mass is 172 g/mol. The van der Waals surface area contributed by atoms with Crippen LogP contribution >= 0.6 is 0 Å². The van der Waals surface area contributed by atoms with Gasteiger partial charge in [0, 0.05) is 0 Å². The molecule has 0 bridgehead atoms. The molecular weight excluding hydrogens is 155 g/mol. The van der Waals surface area contributed by atoms with Crippen molar-refractivity contribution in [2.45, 2.75) is 27.7 Å². The van der Waals surface area contributed by atoms with Gasteiger partial charge >= 0.3 is 29.6 Å². The fraction of sp³-hybridized carbons (Fsp3) is 0.364. The van der Waals surface area contributed by atoms with Crippen molar-refractivity contribution in [1.29, 1.82) is 0 Å². The molecule has 62 valence electrons. The number of aryl methyl sites for hydroxylation is 1. The van der Waals surface area contributed by atoms with Crippen molar-refractivity contribution >= 4 is 0 Å². The van der Waals surface area contributed by atoms with Gasteiger partial charge in [0.05, 0.1) is 0 Å². The van der Waals surface area contributed by atoms with Crippen LogP contribution in [0.25, 0.3) is 0 Å². The van der Waals surface area contributed by atoms with Gasteiger partial charge in [-0.05, 0) is 0 Å². The molecular formula is C11H17Na. The fourth-order valence-electron chi connectivity index (χ4n) is 0.850. The van der Waals surface area contributed by atoms with Crippen molar-refractivity contribution < 1.29 is 29.6 Å². The average molecular weight is 172 g/mol. The summed E-state index contributed by atoms with van der Waals surface area (Å²) in [5.41, 5.74) is 2.63. The summed E-state index contributed by atoms with van der Waals surface area (Å²) in [5, 5.41) is 0. The maximum Gasteiger partial charge on any atom is 1.00 e. The standard InChI is InChI=1S/C9H11.C2H6.Na/c1-3-9-6-4-5-8(2)7-9;1-2;/h3-7H,1-2H3;1-2H3;/q-1;;+1. The minimum Gasteiger partial charge on any atom is -0.192 e. The Morgan fingerprint density at radius 1 is 1.17 bits per heavy atom. The summed E-state index contributed by atoms with van der Waals surface area (Å²) in [4.78, 5) is 0. The van der Waals surface area contributed by atoms with Gasteiger partial charge < -0.3 is 0 Å². The van der Waals surface area contributed by atoms with Gasteiger partial charge in [-0.15, -0.1) is 11.6 Å². The molecule has 0 aliphatic heterocycles. The Hall–Kier alpha value is 0.0900. The summed E-state index contributed by atoms with van der Waals surface area (Å²) in [7, 11) is 0. The average Bonchev–Trinajstić information content (AvgIpc) is 2.08. The second-order valence-electron chi connectivity index (χ2n) is 2.20. The van der Waals surface area contributed by atoms with Crippen LogP contribution in [0.3, 0.4) is 0 Å². The Balaban J connectivity index is 0. The largest absolute Gasteiger partial charge is 1.00 e. The van der Waals surface area contributed by atoms with Crippen molar-refractivity contribution in [2.24, 2.45) is 0 Å². The van der Waals surface area contributed by atoms with Gasteiger partial charge in [0.1, 0.15) is 0 Å². The van der Waals surface area contributed by atoms with E-state index in [9.17, 15) is 0 Å². The van der Waals surface area contributed by atoms with Crippen LogP contribution in [0.15, 0.2) is 24.3 Å². The fourth-order valence-corrected chi connectivity index (χ4v) is 0.850. The van der Waals surface area contributed by atoms with Crippen LogP contribution in [0, 0.1) is 13.3 Å². The topological polar surface area (TPSA) is 0 Å². The minimum atomic E-state index is 0. The van der Waals surface area contributed by atoms with Crippen molar-refractivity contribution in [3.8, 4) is 0 Å². The molecule has 0 radical (unpaired) electrons. The van der Waals surface area contributed by atoms with E-state index >= 15 is 0 Å². The molecule has 1 aromatic carbocycles. The second kappa shape index (κ2) is 9.18. The summed E-state index contributed by atoms with van der Waals surface area (Å²) >= 11 is 0. The van der Waals surface area contributed by atoms with Crippen LogP contribution in [-0.4, -0.2) is 0 Å². The third-order valence-electron chi connectivity index (χ3n) is 1.38. The Morgan fingerprint density at radius 2 is 1.75 bits per heavy atom. The van der Waals surface area contributed by atoms with Crippen molar-refractivity contribution in [1.82, 2.24) is 0 Å². The molecule has 0 unspecified atom stereocenters. The molecule has 0 atom stereocenters. The summed E-state index contributed by atoms with van der Waals surface area (Å²) < 4.78 is 0. The molecule has 0 fully saturated rings. The van der Waals surface area contributed by atoms with E-state index in [0.717, 1.165) is 0 Å². The zero-order chi connectivity index (χ0) is 8.69. The first kappa shape index (κ1) is 14.6.